The molecule has 0 atom stereocenters. The van der Waals surface area contributed by atoms with Crippen LogP contribution in [0.5, 0.6) is 0 Å². The highest BCUT2D eigenvalue weighted by Gasteiger charge is 2.15. The molecule has 0 aliphatic heterocycles. The smallest absolute Gasteiger partial charge is 0.270 e. The van der Waals surface area contributed by atoms with Crippen LogP contribution >= 0.6 is 0 Å². The number of nitrogens with zero attached hydrogens (tertiary/aromatic N) is 2. The van der Waals surface area contributed by atoms with Gasteiger partial charge in [0.05, 0.1) is 0 Å². The number of rotatable bonds is 6. The maximum Gasteiger partial charge on any atom is 0.270 e. The SMILES string of the molecule is Cc1nc(NC2CCCCCC2)cc(C(=O)NCCC(C)C)n1. The molecule has 0 spiro atoms. The van der Waals surface area contributed by atoms with E-state index < -0.39 is 0 Å². The summed E-state index contributed by atoms with van der Waals surface area (Å²) in [7, 11) is 0. The van der Waals surface area contributed by atoms with Gasteiger partial charge in [0.2, 0.25) is 0 Å². The molecule has 1 aliphatic carbocycles. The Labute approximate surface area is 139 Å². The zero-order valence-corrected chi connectivity index (χ0v) is 14.7. The van der Waals surface area contributed by atoms with Crippen LogP contribution in [0.3, 0.4) is 0 Å². The lowest BCUT2D eigenvalue weighted by molar-refractivity contribution is 0.0946. The fraction of sp³-hybridized carbons (Fsp3) is 0.722. The number of carbonyl (C=O) groups excluding carboxylic acids is 1. The van der Waals surface area contributed by atoms with E-state index in [4.69, 9.17) is 0 Å². The molecular weight excluding hydrogens is 288 g/mol. The molecule has 1 amide bonds. The topological polar surface area (TPSA) is 66.9 Å². The molecule has 128 valence electrons. The Morgan fingerprint density at radius 2 is 1.91 bits per heavy atom. The van der Waals surface area contributed by atoms with Gasteiger partial charge in [-0.2, -0.15) is 0 Å². The number of carbonyl (C=O) groups is 1. The fourth-order valence-electron chi connectivity index (χ4n) is 2.96. The van der Waals surface area contributed by atoms with E-state index >= 15 is 0 Å². The maximum atomic E-state index is 12.2. The number of aromatic nitrogens is 2. The molecule has 2 N–H and O–H groups in total. The minimum atomic E-state index is -0.111. The summed E-state index contributed by atoms with van der Waals surface area (Å²) in [4.78, 5) is 21.0. The van der Waals surface area contributed by atoms with Gasteiger partial charge in [0.25, 0.3) is 5.91 Å². The Balaban J connectivity index is 1.98. The van der Waals surface area contributed by atoms with Crippen molar-refractivity contribution in [3.8, 4) is 0 Å². The van der Waals surface area contributed by atoms with Gasteiger partial charge in [0.1, 0.15) is 17.3 Å². The minimum absolute atomic E-state index is 0.111. The van der Waals surface area contributed by atoms with Crippen LogP contribution in [0, 0.1) is 12.8 Å². The van der Waals surface area contributed by atoms with Crippen molar-refractivity contribution in [2.75, 3.05) is 11.9 Å². The third-order valence-electron chi connectivity index (χ3n) is 4.29. The molecule has 1 aliphatic rings. The molecule has 1 saturated carbocycles. The number of anilines is 1. The molecular formula is C18H30N4O. The van der Waals surface area contributed by atoms with Gasteiger partial charge >= 0.3 is 0 Å². The average Bonchev–Trinajstić information content (AvgIpc) is 2.74. The molecule has 5 heteroatoms. The van der Waals surface area contributed by atoms with Gasteiger partial charge in [-0.15, -0.1) is 0 Å². The molecule has 1 aromatic rings. The normalized spacial score (nSPS) is 16.2. The van der Waals surface area contributed by atoms with Crippen molar-refractivity contribution in [1.29, 1.82) is 0 Å². The molecule has 0 saturated heterocycles. The van der Waals surface area contributed by atoms with Gasteiger partial charge in [-0.1, -0.05) is 39.5 Å². The summed E-state index contributed by atoms with van der Waals surface area (Å²) in [5, 5.41) is 6.44. The first kappa shape index (κ1) is 17.7. The van der Waals surface area contributed by atoms with Crippen LogP contribution < -0.4 is 10.6 Å². The van der Waals surface area contributed by atoms with E-state index in [1.54, 1.807) is 6.07 Å². The fourth-order valence-corrected chi connectivity index (χ4v) is 2.96. The van der Waals surface area contributed by atoms with Crippen molar-refractivity contribution >= 4 is 11.7 Å². The molecule has 0 bridgehead atoms. The highest BCUT2D eigenvalue weighted by atomic mass is 16.1. The molecule has 2 rings (SSSR count). The lowest BCUT2D eigenvalue weighted by atomic mass is 10.1. The largest absolute Gasteiger partial charge is 0.367 e. The highest BCUT2D eigenvalue weighted by Crippen LogP contribution is 2.20. The predicted molar refractivity (Wildman–Crippen MR) is 93.7 cm³/mol. The van der Waals surface area contributed by atoms with Gasteiger partial charge in [-0.3, -0.25) is 4.79 Å². The van der Waals surface area contributed by atoms with E-state index in [1.807, 2.05) is 6.92 Å². The Bertz CT molecular complexity index is 508. The molecule has 1 aromatic heterocycles. The number of hydrogen-bond acceptors (Lipinski definition) is 4. The molecule has 0 radical (unpaired) electrons. The van der Waals surface area contributed by atoms with Crippen molar-refractivity contribution in [3.05, 3.63) is 17.6 Å². The Hall–Kier alpha value is -1.65. The molecule has 23 heavy (non-hydrogen) atoms. The maximum absolute atomic E-state index is 12.2. The molecule has 5 nitrogen and oxygen atoms in total. The summed E-state index contributed by atoms with van der Waals surface area (Å²) in [5.41, 5.74) is 0.456. The van der Waals surface area contributed by atoms with E-state index in [0.29, 0.717) is 30.0 Å². The van der Waals surface area contributed by atoms with E-state index in [2.05, 4.69) is 34.4 Å². The highest BCUT2D eigenvalue weighted by molar-refractivity contribution is 5.92. The molecule has 1 heterocycles. The third kappa shape index (κ3) is 6.16. The lowest BCUT2D eigenvalue weighted by Gasteiger charge is -2.17. The number of nitrogens with one attached hydrogen (secondary N) is 2. The summed E-state index contributed by atoms with van der Waals surface area (Å²) in [6.45, 7) is 6.82. The Morgan fingerprint density at radius 1 is 1.22 bits per heavy atom. The number of hydrogen-bond donors (Lipinski definition) is 2. The zero-order valence-electron chi connectivity index (χ0n) is 14.7. The van der Waals surface area contributed by atoms with Gasteiger partial charge in [0.15, 0.2) is 0 Å². The van der Waals surface area contributed by atoms with Crippen molar-refractivity contribution in [2.45, 2.75) is 71.8 Å². The van der Waals surface area contributed by atoms with Crippen LogP contribution in [0.15, 0.2) is 6.07 Å². The van der Waals surface area contributed by atoms with Gasteiger partial charge in [-0.05, 0) is 32.1 Å². The van der Waals surface area contributed by atoms with Crippen LogP contribution in [-0.2, 0) is 0 Å². The zero-order chi connectivity index (χ0) is 16.7. The second kappa shape index (κ2) is 8.85. The van der Waals surface area contributed by atoms with Crippen molar-refractivity contribution in [2.24, 2.45) is 5.92 Å². The van der Waals surface area contributed by atoms with Crippen LogP contribution in [0.4, 0.5) is 5.82 Å². The molecule has 1 fully saturated rings. The number of amides is 1. The first-order valence-electron chi connectivity index (χ1n) is 8.95. The van der Waals surface area contributed by atoms with Crippen molar-refractivity contribution < 1.29 is 4.79 Å². The molecule has 0 aromatic carbocycles. The summed E-state index contributed by atoms with van der Waals surface area (Å²) in [6, 6.07) is 2.24. The second-order valence-corrected chi connectivity index (χ2v) is 6.96. The lowest BCUT2D eigenvalue weighted by Crippen LogP contribution is -2.27. The van der Waals surface area contributed by atoms with Crippen LogP contribution in [-0.4, -0.2) is 28.5 Å². The van der Waals surface area contributed by atoms with Gasteiger partial charge in [0, 0.05) is 18.7 Å². The van der Waals surface area contributed by atoms with E-state index in [-0.39, 0.29) is 5.91 Å². The first-order valence-corrected chi connectivity index (χ1v) is 8.95. The average molecular weight is 318 g/mol. The van der Waals surface area contributed by atoms with Crippen LogP contribution in [0.2, 0.25) is 0 Å². The Kier molecular flexibility index (Phi) is 6.81. The first-order chi connectivity index (χ1) is 11.0. The van der Waals surface area contributed by atoms with E-state index in [1.165, 1.54) is 38.5 Å². The van der Waals surface area contributed by atoms with Crippen LogP contribution in [0.25, 0.3) is 0 Å². The summed E-state index contributed by atoms with van der Waals surface area (Å²) in [5.74, 6) is 1.88. The molecule has 0 unspecified atom stereocenters. The third-order valence-corrected chi connectivity index (χ3v) is 4.29. The number of aryl methyl sites for hydroxylation is 1. The van der Waals surface area contributed by atoms with Gasteiger partial charge < -0.3 is 10.6 Å². The quantitative estimate of drug-likeness (QED) is 0.785. The minimum Gasteiger partial charge on any atom is -0.367 e. The summed E-state index contributed by atoms with van der Waals surface area (Å²) >= 11 is 0. The summed E-state index contributed by atoms with van der Waals surface area (Å²) < 4.78 is 0. The van der Waals surface area contributed by atoms with Gasteiger partial charge in [-0.25, -0.2) is 9.97 Å². The van der Waals surface area contributed by atoms with Crippen molar-refractivity contribution in [1.82, 2.24) is 15.3 Å². The standard InChI is InChI=1S/C18H30N4O/c1-13(2)10-11-19-18(23)16-12-17(21-14(3)20-16)22-15-8-6-4-5-7-9-15/h12-13,15H,4-11H2,1-3H3,(H,19,23)(H,20,21,22). The van der Waals surface area contributed by atoms with E-state index in [9.17, 15) is 4.79 Å². The monoisotopic (exact) mass is 318 g/mol. The van der Waals surface area contributed by atoms with E-state index in [0.717, 1.165) is 12.2 Å². The van der Waals surface area contributed by atoms with Crippen LogP contribution in [0.1, 0.15) is 75.1 Å². The predicted octanol–water partition coefficient (Wildman–Crippen LogP) is 3.70. The Morgan fingerprint density at radius 3 is 2.57 bits per heavy atom. The second-order valence-electron chi connectivity index (χ2n) is 6.96. The van der Waals surface area contributed by atoms with Crippen molar-refractivity contribution in [3.63, 3.8) is 0 Å². The summed E-state index contributed by atoms with van der Waals surface area (Å²) in [6.07, 6.45) is 8.52.